The maximum atomic E-state index is 13.7. The Bertz CT molecular complexity index is 652. The average Bonchev–Trinajstić information content (AvgIpc) is 2.68. The Balaban J connectivity index is 0.00000392. The monoisotopic (exact) mass is 508 g/mol. The lowest BCUT2D eigenvalue weighted by molar-refractivity contribution is 0.0914. The number of aliphatic imine (C=N–C) groups is 1. The number of piperazine rings is 1. The Morgan fingerprint density at radius 2 is 1.89 bits per heavy atom. The number of guanidine groups is 1. The molecule has 0 bridgehead atoms. The van der Waals surface area contributed by atoms with E-state index in [4.69, 9.17) is 9.47 Å². The fourth-order valence-electron chi connectivity index (χ4n) is 2.90. The molecule has 1 amide bonds. The van der Waals surface area contributed by atoms with Gasteiger partial charge in [-0.15, -0.1) is 24.0 Å². The third-order valence-corrected chi connectivity index (χ3v) is 4.26. The summed E-state index contributed by atoms with van der Waals surface area (Å²) in [6, 6.07) is 4.97. The van der Waals surface area contributed by atoms with Crippen LogP contribution in [0.3, 0.4) is 0 Å². The van der Waals surface area contributed by atoms with E-state index in [0.29, 0.717) is 44.9 Å². The largest absolute Gasteiger partial charge is 0.450 e. The van der Waals surface area contributed by atoms with Crippen molar-refractivity contribution in [1.29, 1.82) is 0 Å². The van der Waals surface area contributed by atoms with Gasteiger partial charge in [0.2, 0.25) is 0 Å². The van der Waals surface area contributed by atoms with E-state index in [-0.39, 0.29) is 42.5 Å². The summed E-state index contributed by atoms with van der Waals surface area (Å²) in [4.78, 5) is 20.3. The molecule has 0 radical (unpaired) electrons. The van der Waals surface area contributed by atoms with Crippen LogP contribution in [0.15, 0.2) is 23.2 Å². The number of hydrogen-bond acceptors (Lipinski definition) is 4. The van der Waals surface area contributed by atoms with Crippen molar-refractivity contribution in [2.75, 3.05) is 46.4 Å². The normalized spacial score (nSPS) is 14.5. The Labute approximate surface area is 183 Å². The van der Waals surface area contributed by atoms with Crippen molar-refractivity contribution in [3.05, 3.63) is 35.1 Å². The quantitative estimate of drug-likeness (QED) is 0.364. The van der Waals surface area contributed by atoms with Gasteiger partial charge in [-0.05, 0) is 31.5 Å². The van der Waals surface area contributed by atoms with Crippen LogP contribution < -0.4 is 5.32 Å². The molecule has 1 aromatic carbocycles. The van der Waals surface area contributed by atoms with Gasteiger partial charge in [0.1, 0.15) is 5.82 Å². The summed E-state index contributed by atoms with van der Waals surface area (Å²) in [7, 11) is 1.55. The minimum Gasteiger partial charge on any atom is -0.450 e. The van der Waals surface area contributed by atoms with E-state index in [1.54, 1.807) is 31.1 Å². The van der Waals surface area contributed by atoms with E-state index in [1.807, 2.05) is 6.92 Å². The molecule has 28 heavy (non-hydrogen) atoms. The van der Waals surface area contributed by atoms with Crippen molar-refractivity contribution in [3.63, 3.8) is 0 Å². The second-order valence-electron chi connectivity index (χ2n) is 6.20. The van der Waals surface area contributed by atoms with Gasteiger partial charge in [-0.1, -0.05) is 6.07 Å². The number of ether oxygens (including phenoxy) is 2. The molecule has 9 heteroatoms. The van der Waals surface area contributed by atoms with Crippen LogP contribution in [-0.2, 0) is 22.6 Å². The predicted molar refractivity (Wildman–Crippen MR) is 118 cm³/mol. The van der Waals surface area contributed by atoms with Gasteiger partial charge in [-0.3, -0.25) is 0 Å². The first-order chi connectivity index (χ1) is 13.1. The topological polar surface area (TPSA) is 66.4 Å². The lowest BCUT2D eigenvalue weighted by atomic mass is 10.1. The number of carbonyl (C=O) groups is 1. The van der Waals surface area contributed by atoms with E-state index in [1.165, 1.54) is 6.07 Å². The van der Waals surface area contributed by atoms with Crippen LogP contribution >= 0.6 is 24.0 Å². The molecule has 1 aliphatic rings. The number of hydrogen-bond donors (Lipinski definition) is 1. The zero-order valence-corrected chi connectivity index (χ0v) is 19.1. The number of amides is 1. The van der Waals surface area contributed by atoms with Gasteiger partial charge < -0.3 is 24.6 Å². The maximum absolute atomic E-state index is 13.7. The summed E-state index contributed by atoms with van der Waals surface area (Å²) < 4.78 is 23.8. The Morgan fingerprint density at radius 3 is 2.50 bits per heavy atom. The molecule has 158 valence electrons. The Hall–Kier alpha value is -1.62. The van der Waals surface area contributed by atoms with Crippen molar-refractivity contribution < 1.29 is 18.7 Å². The summed E-state index contributed by atoms with van der Waals surface area (Å²) in [6.45, 7) is 8.18. The summed E-state index contributed by atoms with van der Waals surface area (Å²) >= 11 is 0. The van der Waals surface area contributed by atoms with Crippen LogP contribution in [0.2, 0.25) is 0 Å². The fraction of sp³-hybridized carbons (Fsp3) is 0.579. The van der Waals surface area contributed by atoms with Gasteiger partial charge in [0.15, 0.2) is 5.96 Å². The van der Waals surface area contributed by atoms with E-state index >= 15 is 0 Å². The molecule has 1 aliphatic heterocycles. The van der Waals surface area contributed by atoms with Gasteiger partial charge in [-0.25, -0.2) is 14.2 Å². The molecule has 0 aromatic heterocycles. The number of carbonyl (C=O) groups excluding carboxylic acids is 1. The van der Waals surface area contributed by atoms with E-state index in [2.05, 4.69) is 15.2 Å². The van der Waals surface area contributed by atoms with Crippen molar-refractivity contribution in [1.82, 2.24) is 15.1 Å². The standard InChI is InChI=1S/C19H29FN4O3.HI/c1-4-21-18(23-8-10-24(11-9-23)19(25)27-5-2)22-13-15-6-7-17(20)16(12-15)14-26-3;/h6-7,12H,4-5,8-11,13-14H2,1-3H3,(H,21,22);1H. The highest BCUT2D eigenvalue weighted by atomic mass is 127. The molecular weight excluding hydrogens is 478 g/mol. The first kappa shape index (κ1) is 24.4. The summed E-state index contributed by atoms with van der Waals surface area (Å²) in [5, 5.41) is 3.29. The maximum Gasteiger partial charge on any atom is 0.409 e. The summed E-state index contributed by atoms with van der Waals surface area (Å²) in [6.07, 6.45) is -0.268. The van der Waals surface area contributed by atoms with Crippen molar-refractivity contribution in [2.45, 2.75) is 27.0 Å². The molecule has 0 unspecified atom stereocenters. The first-order valence-corrected chi connectivity index (χ1v) is 9.30. The number of benzene rings is 1. The average molecular weight is 508 g/mol. The summed E-state index contributed by atoms with van der Waals surface area (Å²) in [5.41, 5.74) is 1.45. The van der Waals surface area contributed by atoms with Crippen molar-refractivity contribution >= 4 is 36.0 Å². The van der Waals surface area contributed by atoms with Gasteiger partial charge in [-0.2, -0.15) is 0 Å². The zero-order valence-electron chi connectivity index (χ0n) is 16.7. The Kier molecular flexibility index (Phi) is 11.1. The van der Waals surface area contributed by atoms with Crippen LogP contribution in [0.25, 0.3) is 0 Å². The number of rotatable bonds is 6. The predicted octanol–water partition coefficient (Wildman–Crippen LogP) is 2.83. The second-order valence-corrected chi connectivity index (χ2v) is 6.20. The third kappa shape index (κ3) is 7.08. The minimum atomic E-state index is -0.272. The van der Waals surface area contributed by atoms with Gasteiger partial charge >= 0.3 is 6.09 Å². The van der Waals surface area contributed by atoms with Gasteiger partial charge in [0.05, 0.1) is 19.8 Å². The first-order valence-electron chi connectivity index (χ1n) is 9.30. The number of methoxy groups -OCH3 is 1. The molecule has 1 heterocycles. The molecular formula is C19H30FIN4O3. The Morgan fingerprint density at radius 1 is 1.21 bits per heavy atom. The van der Waals surface area contributed by atoms with Crippen molar-refractivity contribution in [2.24, 2.45) is 4.99 Å². The van der Waals surface area contributed by atoms with Crippen LogP contribution in [0.4, 0.5) is 9.18 Å². The second kappa shape index (κ2) is 12.8. The molecule has 1 saturated heterocycles. The van der Waals surface area contributed by atoms with Crippen LogP contribution in [-0.4, -0.2) is 68.3 Å². The van der Waals surface area contributed by atoms with Crippen LogP contribution in [0.5, 0.6) is 0 Å². The molecule has 1 aromatic rings. The lowest BCUT2D eigenvalue weighted by Crippen LogP contribution is -2.53. The SMILES string of the molecule is CCNC(=NCc1ccc(F)c(COC)c1)N1CCN(C(=O)OCC)CC1.I. The zero-order chi connectivity index (χ0) is 19.6. The van der Waals surface area contributed by atoms with Gasteiger partial charge in [0.25, 0.3) is 0 Å². The van der Waals surface area contributed by atoms with E-state index in [9.17, 15) is 9.18 Å². The molecule has 1 N–H and O–H groups in total. The summed E-state index contributed by atoms with van der Waals surface area (Å²) in [5.74, 6) is 0.519. The molecule has 0 saturated carbocycles. The lowest BCUT2D eigenvalue weighted by Gasteiger charge is -2.35. The third-order valence-electron chi connectivity index (χ3n) is 4.26. The molecule has 0 atom stereocenters. The molecule has 0 spiro atoms. The highest BCUT2D eigenvalue weighted by molar-refractivity contribution is 14.0. The highest BCUT2D eigenvalue weighted by Gasteiger charge is 2.23. The fourth-order valence-corrected chi connectivity index (χ4v) is 2.90. The van der Waals surface area contributed by atoms with E-state index < -0.39 is 0 Å². The molecule has 2 rings (SSSR count). The number of halogens is 2. The number of nitrogens with one attached hydrogen (secondary N) is 1. The van der Waals surface area contributed by atoms with Crippen molar-refractivity contribution in [3.8, 4) is 0 Å². The van der Waals surface area contributed by atoms with Crippen LogP contribution in [0.1, 0.15) is 25.0 Å². The highest BCUT2D eigenvalue weighted by Crippen LogP contribution is 2.13. The molecule has 0 aliphatic carbocycles. The van der Waals surface area contributed by atoms with Gasteiger partial charge in [0, 0.05) is 45.4 Å². The molecule has 1 fully saturated rings. The van der Waals surface area contributed by atoms with E-state index in [0.717, 1.165) is 18.1 Å². The minimum absolute atomic E-state index is 0. The molecule has 7 nitrogen and oxygen atoms in total. The number of nitrogens with zero attached hydrogens (tertiary/aromatic N) is 3. The van der Waals surface area contributed by atoms with Crippen LogP contribution in [0, 0.1) is 5.82 Å². The smallest absolute Gasteiger partial charge is 0.409 e.